The van der Waals surface area contributed by atoms with E-state index in [0.717, 1.165) is 35.1 Å². The molecule has 2 amide bonds. The third kappa shape index (κ3) is 2.94. The molecule has 166 valence electrons. The maximum atomic E-state index is 13.8. The lowest BCUT2D eigenvalue weighted by Gasteiger charge is -2.45. The van der Waals surface area contributed by atoms with Gasteiger partial charge in [-0.3, -0.25) is 14.5 Å². The fourth-order valence-electron chi connectivity index (χ4n) is 6.06. The zero-order chi connectivity index (χ0) is 22.4. The van der Waals surface area contributed by atoms with Crippen molar-refractivity contribution in [1.82, 2.24) is 4.90 Å². The van der Waals surface area contributed by atoms with Crippen LogP contribution in [-0.4, -0.2) is 35.3 Å². The average Bonchev–Trinajstić information content (AvgIpc) is 3.09. The monoisotopic (exact) mass is 431 g/mol. The zero-order valence-corrected chi connectivity index (χ0v) is 18.6. The minimum absolute atomic E-state index is 0.155. The first-order valence-electron chi connectivity index (χ1n) is 11.8. The van der Waals surface area contributed by atoms with Crippen molar-refractivity contribution < 1.29 is 19.1 Å². The number of benzene rings is 2. The molecule has 2 aromatic carbocycles. The van der Waals surface area contributed by atoms with E-state index >= 15 is 0 Å². The number of amides is 2. The molecule has 5 heteroatoms. The Kier molecular flexibility index (Phi) is 5.36. The number of carbonyl (C=O) groups is 3. The van der Waals surface area contributed by atoms with Gasteiger partial charge in [-0.15, -0.1) is 0 Å². The molecule has 1 heterocycles. The van der Waals surface area contributed by atoms with Crippen molar-refractivity contribution in [2.24, 2.45) is 11.8 Å². The number of unbranched alkanes of at least 4 members (excludes halogenated alkanes) is 1. The highest BCUT2D eigenvalue weighted by molar-refractivity contribution is 6.10. The molecule has 3 aliphatic carbocycles. The fourth-order valence-corrected chi connectivity index (χ4v) is 6.06. The number of nitrogens with zero attached hydrogens (tertiary/aromatic N) is 1. The van der Waals surface area contributed by atoms with Gasteiger partial charge in [0.1, 0.15) is 6.04 Å². The Morgan fingerprint density at radius 1 is 0.844 bits per heavy atom. The van der Waals surface area contributed by atoms with Crippen molar-refractivity contribution >= 4 is 17.8 Å². The van der Waals surface area contributed by atoms with Crippen molar-refractivity contribution in [2.45, 2.75) is 57.4 Å². The summed E-state index contributed by atoms with van der Waals surface area (Å²) in [5.74, 6) is -2.11. The van der Waals surface area contributed by atoms with Crippen LogP contribution in [0.2, 0.25) is 0 Å². The highest BCUT2D eigenvalue weighted by Gasteiger charge is 2.63. The SMILES string of the molecule is CCCC[C@@H](C(=O)OCCC)N1C(=O)[C@@H]2C3c4ccccc4C(c4ccccc43)[C@@H]2C1=O. The van der Waals surface area contributed by atoms with E-state index in [2.05, 4.69) is 24.3 Å². The van der Waals surface area contributed by atoms with Gasteiger partial charge >= 0.3 is 5.97 Å². The van der Waals surface area contributed by atoms with E-state index in [0.29, 0.717) is 19.4 Å². The first-order chi connectivity index (χ1) is 15.6. The second-order valence-electron chi connectivity index (χ2n) is 9.14. The highest BCUT2D eigenvalue weighted by atomic mass is 16.5. The number of hydrogen-bond acceptors (Lipinski definition) is 4. The van der Waals surface area contributed by atoms with Crippen LogP contribution in [0.1, 0.15) is 73.6 Å². The summed E-state index contributed by atoms with van der Waals surface area (Å²) >= 11 is 0. The molecule has 0 radical (unpaired) electrons. The fraction of sp³-hybridized carbons (Fsp3) is 0.444. The van der Waals surface area contributed by atoms with Crippen molar-refractivity contribution in [1.29, 1.82) is 0 Å². The standard InChI is InChI=1S/C27H29NO4/c1-3-5-14-20(27(31)32-15-4-2)28-25(29)23-21-16-10-6-7-11-17(16)22(24(23)26(28)30)19-13-9-8-12-18(19)21/h6-13,20-24H,3-5,14-15H2,1-2H3/t20-,21?,22?,23-,24+/m0/s1. The molecular formula is C27H29NO4. The molecule has 0 unspecified atom stereocenters. The molecule has 4 aliphatic rings. The molecule has 5 nitrogen and oxygen atoms in total. The number of carbonyl (C=O) groups excluding carboxylic acids is 3. The number of imide groups is 1. The lowest BCUT2D eigenvalue weighted by molar-refractivity contribution is -0.159. The Morgan fingerprint density at radius 3 is 1.72 bits per heavy atom. The predicted octanol–water partition coefficient (Wildman–Crippen LogP) is 4.39. The van der Waals surface area contributed by atoms with Crippen LogP contribution in [0.3, 0.4) is 0 Å². The largest absolute Gasteiger partial charge is 0.464 e. The van der Waals surface area contributed by atoms with Gasteiger partial charge < -0.3 is 4.74 Å². The minimum Gasteiger partial charge on any atom is -0.464 e. The first kappa shape index (κ1) is 20.9. The predicted molar refractivity (Wildman–Crippen MR) is 120 cm³/mol. The van der Waals surface area contributed by atoms with Crippen LogP contribution in [-0.2, 0) is 19.1 Å². The maximum absolute atomic E-state index is 13.8. The molecule has 2 bridgehead atoms. The van der Waals surface area contributed by atoms with Gasteiger partial charge in [0.05, 0.1) is 18.4 Å². The molecule has 0 aromatic heterocycles. The van der Waals surface area contributed by atoms with Crippen LogP contribution in [0.25, 0.3) is 0 Å². The molecule has 3 atom stereocenters. The molecule has 32 heavy (non-hydrogen) atoms. The van der Waals surface area contributed by atoms with Crippen molar-refractivity contribution in [3.8, 4) is 0 Å². The molecule has 1 fully saturated rings. The summed E-state index contributed by atoms with van der Waals surface area (Å²) in [6.07, 6.45) is 2.79. The van der Waals surface area contributed by atoms with Gasteiger partial charge in [-0.2, -0.15) is 0 Å². The van der Waals surface area contributed by atoms with Gasteiger partial charge in [0, 0.05) is 11.8 Å². The number of ether oxygens (including phenoxy) is 1. The first-order valence-corrected chi connectivity index (χ1v) is 11.8. The summed E-state index contributed by atoms with van der Waals surface area (Å²) in [7, 11) is 0. The molecule has 0 spiro atoms. The van der Waals surface area contributed by atoms with Gasteiger partial charge in [-0.1, -0.05) is 75.2 Å². The zero-order valence-electron chi connectivity index (χ0n) is 18.6. The lowest BCUT2D eigenvalue weighted by atomic mass is 9.55. The summed E-state index contributed by atoms with van der Waals surface area (Å²) in [6.45, 7) is 4.27. The highest BCUT2D eigenvalue weighted by Crippen LogP contribution is 2.61. The summed E-state index contributed by atoms with van der Waals surface area (Å²) in [5.41, 5.74) is 4.55. The van der Waals surface area contributed by atoms with E-state index in [1.54, 1.807) is 0 Å². The molecule has 1 saturated heterocycles. The molecular weight excluding hydrogens is 402 g/mol. The van der Waals surface area contributed by atoms with Crippen molar-refractivity contribution in [3.63, 3.8) is 0 Å². The molecule has 0 saturated carbocycles. The normalized spacial score (nSPS) is 25.9. The van der Waals surface area contributed by atoms with Gasteiger partial charge in [0.2, 0.25) is 11.8 Å². The van der Waals surface area contributed by atoms with Gasteiger partial charge in [-0.25, -0.2) is 4.79 Å². The molecule has 0 N–H and O–H groups in total. The van der Waals surface area contributed by atoms with Crippen molar-refractivity contribution in [3.05, 3.63) is 70.8 Å². The van der Waals surface area contributed by atoms with Crippen LogP contribution in [0.15, 0.2) is 48.5 Å². The van der Waals surface area contributed by atoms with Gasteiger partial charge in [-0.05, 0) is 35.1 Å². The van der Waals surface area contributed by atoms with E-state index < -0.39 is 23.8 Å². The number of likely N-dealkylation sites (tertiary alicyclic amines) is 1. The Bertz CT molecular complexity index is 961. The number of esters is 1. The number of rotatable bonds is 7. The third-order valence-corrected chi connectivity index (χ3v) is 7.35. The van der Waals surface area contributed by atoms with Crippen LogP contribution in [0.5, 0.6) is 0 Å². The Labute approximate surface area is 188 Å². The molecule has 2 aromatic rings. The van der Waals surface area contributed by atoms with Crippen LogP contribution >= 0.6 is 0 Å². The maximum Gasteiger partial charge on any atom is 0.329 e. The summed E-state index contributed by atoms with van der Waals surface area (Å²) < 4.78 is 5.42. The third-order valence-electron chi connectivity index (χ3n) is 7.35. The van der Waals surface area contributed by atoms with Gasteiger partial charge in [0.25, 0.3) is 0 Å². The Hall–Kier alpha value is -2.95. The van der Waals surface area contributed by atoms with E-state index in [1.807, 2.05) is 38.1 Å². The van der Waals surface area contributed by atoms with Crippen LogP contribution in [0.4, 0.5) is 0 Å². The van der Waals surface area contributed by atoms with E-state index in [4.69, 9.17) is 4.74 Å². The average molecular weight is 432 g/mol. The Balaban J connectivity index is 1.59. The summed E-state index contributed by atoms with van der Waals surface area (Å²) in [4.78, 5) is 41.9. The molecule has 1 aliphatic heterocycles. The quantitative estimate of drug-likeness (QED) is 0.482. The van der Waals surface area contributed by atoms with Crippen molar-refractivity contribution in [2.75, 3.05) is 6.61 Å². The van der Waals surface area contributed by atoms with E-state index in [-0.39, 0.29) is 23.7 Å². The second-order valence-corrected chi connectivity index (χ2v) is 9.14. The minimum atomic E-state index is -0.835. The van der Waals surface area contributed by atoms with Gasteiger partial charge in [0.15, 0.2) is 0 Å². The summed E-state index contributed by atoms with van der Waals surface area (Å²) in [5, 5.41) is 0. The molecule has 6 rings (SSSR count). The van der Waals surface area contributed by atoms with Crippen LogP contribution < -0.4 is 0 Å². The number of hydrogen-bond donors (Lipinski definition) is 0. The van der Waals surface area contributed by atoms with Crippen LogP contribution in [0, 0.1) is 11.8 Å². The lowest BCUT2D eigenvalue weighted by Crippen LogP contribution is -2.46. The van der Waals surface area contributed by atoms with E-state index in [1.165, 1.54) is 4.90 Å². The van der Waals surface area contributed by atoms with E-state index in [9.17, 15) is 14.4 Å². The second kappa shape index (κ2) is 8.19. The summed E-state index contributed by atoms with van der Waals surface area (Å²) in [6, 6.07) is 15.5. The Morgan fingerprint density at radius 2 is 1.31 bits per heavy atom. The smallest absolute Gasteiger partial charge is 0.329 e. The topological polar surface area (TPSA) is 63.7 Å².